The summed E-state index contributed by atoms with van der Waals surface area (Å²) in [6.45, 7) is 2.86. The van der Waals surface area contributed by atoms with Crippen LogP contribution in [0.5, 0.6) is 11.5 Å². The molecule has 0 bridgehead atoms. The number of aromatic nitrogens is 2. The summed E-state index contributed by atoms with van der Waals surface area (Å²) >= 11 is 3.48. The second-order valence-electron chi connectivity index (χ2n) is 7.05. The maximum atomic E-state index is 5.75. The van der Waals surface area contributed by atoms with Crippen LogP contribution in [-0.2, 0) is 6.54 Å². The van der Waals surface area contributed by atoms with Crippen molar-refractivity contribution in [3.8, 4) is 22.9 Å². The lowest BCUT2D eigenvalue weighted by molar-refractivity contribution is 0.170. The second kappa shape index (κ2) is 7.56. The molecule has 1 saturated heterocycles. The van der Waals surface area contributed by atoms with Crippen LogP contribution < -0.4 is 9.47 Å². The molecule has 1 atom stereocenters. The molecule has 0 N–H and O–H groups in total. The zero-order chi connectivity index (χ0) is 18.9. The van der Waals surface area contributed by atoms with Crippen molar-refractivity contribution in [3.63, 3.8) is 0 Å². The van der Waals surface area contributed by atoms with E-state index in [4.69, 9.17) is 14.0 Å². The summed E-state index contributed by atoms with van der Waals surface area (Å²) in [5, 5.41) is 4.15. The Morgan fingerprint density at radius 3 is 2.86 bits per heavy atom. The highest BCUT2D eigenvalue weighted by Gasteiger charge is 2.29. The van der Waals surface area contributed by atoms with Crippen LogP contribution in [0.15, 0.2) is 51.5 Å². The Morgan fingerprint density at radius 1 is 1.07 bits per heavy atom. The fraction of sp³-hybridized carbons (Fsp3) is 0.333. The van der Waals surface area contributed by atoms with Crippen molar-refractivity contribution in [3.05, 3.63) is 58.4 Å². The molecule has 1 unspecified atom stereocenters. The Labute approximate surface area is 171 Å². The molecular formula is C21H20BrN3O3. The van der Waals surface area contributed by atoms with Crippen LogP contribution >= 0.6 is 15.9 Å². The molecule has 7 heteroatoms. The molecule has 3 aromatic rings. The molecule has 0 amide bonds. The average Bonchev–Trinajstić information content (AvgIpc) is 3.38. The predicted molar refractivity (Wildman–Crippen MR) is 107 cm³/mol. The first-order chi connectivity index (χ1) is 13.8. The molecule has 0 spiro atoms. The van der Waals surface area contributed by atoms with E-state index in [2.05, 4.69) is 43.1 Å². The Bertz CT molecular complexity index is 991. The number of nitrogens with zero attached hydrogens (tertiary/aromatic N) is 3. The normalized spacial score (nSPS) is 19.1. The first-order valence-corrected chi connectivity index (χ1v) is 10.3. The van der Waals surface area contributed by atoms with Crippen LogP contribution in [0.2, 0.25) is 0 Å². The van der Waals surface area contributed by atoms with E-state index >= 15 is 0 Å². The van der Waals surface area contributed by atoms with Gasteiger partial charge in [-0.2, -0.15) is 4.98 Å². The Hall–Kier alpha value is -2.38. The van der Waals surface area contributed by atoms with E-state index in [1.54, 1.807) is 0 Å². The minimum Gasteiger partial charge on any atom is -0.486 e. The van der Waals surface area contributed by atoms with Gasteiger partial charge in [0.05, 0.1) is 6.54 Å². The lowest BCUT2D eigenvalue weighted by atomic mass is 10.0. The molecule has 0 radical (unpaired) electrons. The minimum atomic E-state index is 0.317. The topological polar surface area (TPSA) is 60.6 Å². The number of hydrogen-bond acceptors (Lipinski definition) is 6. The molecule has 5 rings (SSSR count). The number of fused-ring (bicyclic) bond motifs is 1. The van der Waals surface area contributed by atoms with Crippen molar-refractivity contribution in [2.24, 2.45) is 0 Å². The molecule has 2 aliphatic rings. The van der Waals surface area contributed by atoms with Crippen molar-refractivity contribution < 1.29 is 14.0 Å². The third kappa shape index (κ3) is 3.52. The van der Waals surface area contributed by atoms with Gasteiger partial charge in [-0.25, -0.2) is 0 Å². The number of ether oxygens (including phenoxy) is 2. The molecule has 1 fully saturated rings. The summed E-state index contributed by atoms with van der Waals surface area (Å²) in [6.07, 6.45) is 2.25. The highest BCUT2D eigenvalue weighted by Crippen LogP contribution is 2.38. The van der Waals surface area contributed by atoms with Gasteiger partial charge in [-0.15, -0.1) is 0 Å². The quantitative estimate of drug-likeness (QED) is 0.589. The first kappa shape index (κ1) is 17.7. The van der Waals surface area contributed by atoms with Gasteiger partial charge >= 0.3 is 0 Å². The van der Waals surface area contributed by atoms with E-state index in [1.807, 2.05) is 30.3 Å². The summed E-state index contributed by atoms with van der Waals surface area (Å²) in [7, 11) is 0. The Morgan fingerprint density at radius 2 is 1.96 bits per heavy atom. The lowest BCUT2D eigenvalue weighted by Crippen LogP contribution is -2.23. The van der Waals surface area contributed by atoms with Crippen LogP contribution in [-0.4, -0.2) is 34.8 Å². The van der Waals surface area contributed by atoms with E-state index < -0.39 is 0 Å². The maximum Gasteiger partial charge on any atom is 0.241 e. The van der Waals surface area contributed by atoms with Crippen LogP contribution in [0.25, 0.3) is 11.4 Å². The first-order valence-electron chi connectivity index (χ1n) is 9.48. The van der Waals surface area contributed by atoms with Gasteiger partial charge in [-0.05, 0) is 49.2 Å². The number of halogens is 1. The molecule has 144 valence electrons. The van der Waals surface area contributed by atoms with Crippen molar-refractivity contribution in [1.82, 2.24) is 15.0 Å². The van der Waals surface area contributed by atoms with Crippen LogP contribution in [0, 0.1) is 0 Å². The number of likely N-dealkylation sites (tertiary alicyclic amines) is 1. The van der Waals surface area contributed by atoms with E-state index in [1.165, 1.54) is 5.56 Å². The van der Waals surface area contributed by atoms with Gasteiger partial charge in [0, 0.05) is 16.1 Å². The summed E-state index contributed by atoms with van der Waals surface area (Å²) in [5.74, 6) is 2.92. The largest absolute Gasteiger partial charge is 0.486 e. The predicted octanol–water partition coefficient (Wildman–Crippen LogP) is 4.61. The Balaban J connectivity index is 1.34. The summed E-state index contributed by atoms with van der Waals surface area (Å²) < 4.78 is 17.9. The fourth-order valence-corrected chi connectivity index (χ4v) is 4.30. The molecular weight excluding hydrogens is 422 g/mol. The molecule has 1 aromatic heterocycles. The van der Waals surface area contributed by atoms with E-state index in [0.29, 0.717) is 37.5 Å². The second-order valence-corrected chi connectivity index (χ2v) is 7.97. The molecule has 2 aliphatic heterocycles. The van der Waals surface area contributed by atoms with E-state index in [9.17, 15) is 0 Å². The minimum absolute atomic E-state index is 0.317. The zero-order valence-electron chi connectivity index (χ0n) is 15.3. The van der Waals surface area contributed by atoms with Gasteiger partial charge in [-0.3, -0.25) is 4.90 Å². The number of benzene rings is 2. The summed E-state index contributed by atoms with van der Waals surface area (Å²) in [4.78, 5) is 6.99. The highest BCUT2D eigenvalue weighted by atomic mass is 79.9. The van der Waals surface area contributed by atoms with Gasteiger partial charge in [0.1, 0.15) is 13.2 Å². The molecule has 6 nitrogen and oxygen atoms in total. The number of rotatable bonds is 4. The van der Waals surface area contributed by atoms with Crippen molar-refractivity contribution >= 4 is 15.9 Å². The molecule has 2 aromatic carbocycles. The van der Waals surface area contributed by atoms with E-state index in [0.717, 1.165) is 40.9 Å². The third-order valence-corrected chi connectivity index (χ3v) is 5.70. The Kier molecular flexibility index (Phi) is 4.78. The smallest absolute Gasteiger partial charge is 0.241 e. The lowest BCUT2D eigenvalue weighted by Gasteiger charge is -2.25. The third-order valence-electron chi connectivity index (χ3n) is 5.20. The maximum absolute atomic E-state index is 5.75. The SMILES string of the molecule is Brc1cccc(-c2noc(CN3CCCC3c3ccc4c(c3)OCCO4)n2)c1. The summed E-state index contributed by atoms with van der Waals surface area (Å²) in [6, 6.07) is 14.5. The molecule has 3 heterocycles. The molecule has 0 saturated carbocycles. The van der Waals surface area contributed by atoms with Crippen LogP contribution in [0.4, 0.5) is 0 Å². The summed E-state index contributed by atoms with van der Waals surface area (Å²) in [5.41, 5.74) is 2.18. The van der Waals surface area contributed by atoms with Crippen molar-refractivity contribution in [2.45, 2.75) is 25.4 Å². The fourth-order valence-electron chi connectivity index (χ4n) is 3.90. The van der Waals surface area contributed by atoms with Gasteiger partial charge in [-0.1, -0.05) is 39.3 Å². The molecule has 0 aliphatic carbocycles. The number of hydrogen-bond donors (Lipinski definition) is 0. The molecule has 28 heavy (non-hydrogen) atoms. The van der Waals surface area contributed by atoms with Gasteiger partial charge in [0.15, 0.2) is 11.5 Å². The van der Waals surface area contributed by atoms with Crippen LogP contribution in [0.1, 0.15) is 30.3 Å². The highest BCUT2D eigenvalue weighted by molar-refractivity contribution is 9.10. The zero-order valence-corrected chi connectivity index (χ0v) is 16.9. The van der Waals surface area contributed by atoms with Crippen LogP contribution in [0.3, 0.4) is 0 Å². The average molecular weight is 442 g/mol. The van der Waals surface area contributed by atoms with E-state index in [-0.39, 0.29) is 0 Å². The monoisotopic (exact) mass is 441 g/mol. The van der Waals surface area contributed by atoms with Crippen molar-refractivity contribution in [1.29, 1.82) is 0 Å². The van der Waals surface area contributed by atoms with Gasteiger partial charge in [0.25, 0.3) is 0 Å². The standard InChI is InChI=1S/C21H20BrN3O3/c22-16-4-1-3-15(11-16)21-23-20(28-24-21)13-25-8-2-5-17(25)14-6-7-18-19(12-14)27-10-9-26-18/h1,3-4,6-7,11-12,17H,2,5,8-10,13H2. The van der Waals surface area contributed by atoms with Gasteiger partial charge < -0.3 is 14.0 Å². The van der Waals surface area contributed by atoms with Gasteiger partial charge in [0.2, 0.25) is 11.7 Å². The van der Waals surface area contributed by atoms with Crippen molar-refractivity contribution in [2.75, 3.05) is 19.8 Å².